The number of carbonyl (C=O) groups is 1. The van der Waals surface area contributed by atoms with Crippen LogP contribution in [-0.4, -0.2) is 41.3 Å². The van der Waals surface area contributed by atoms with Crippen molar-refractivity contribution in [2.24, 2.45) is 0 Å². The maximum Gasteiger partial charge on any atom is 0.341 e. The third-order valence-corrected chi connectivity index (χ3v) is 3.91. The SMILES string of the molecule is COC(=O)c1cc(CN2CCCC2C(C)(C)O)oc1C. The zero-order valence-corrected chi connectivity index (χ0v) is 12.6. The van der Waals surface area contributed by atoms with Crippen molar-refractivity contribution in [1.29, 1.82) is 0 Å². The highest BCUT2D eigenvalue weighted by molar-refractivity contribution is 5.90. The van der Waals surface area contributed by atoms with Crippen molar-refractivity contribution in [2.75, 3.05) is 13.7 Å². The summed E-state index contributed by atoms with van der Waals surface area (Å²) in [6.45, 7) is 6.97. The van der Waals surface area contributed by atoms with E-state index in [0.717, 1.165) is 25.1 Å². The van der Waals surface area contributed by atoms with Crippen LogP contribution in [-0.2, 0) is 11.3 Å². The number of carbonyl (C=O) groups excluding carboxylic acids is 1. The van der Waals surface area contributed by atoms with Gasteiger partial charge in [0, 0.05) is 6.04 Å². The minimum Gasteiger partial charge on any atom is -0.465 e. The van der Waals surface area contributed by atoms with Gasteiger partial charge in [0.15, 0.2) is 0 Å². The number of likely N-dealkylation sites (tertiary alicyclic amines) is 1. The van der Waals surface area contributed by atoms with Crippen LogP contribution < -0.4 is 0 Å². The highest BCUT2D eigenvalue weighted by Crippen LogP contribution is 2.29. The molecule has 1 atom stereocenters. The number of nitrogens with zero attached hydrogens (tertiary/aromatic N) is 1. The molecule has 0 bridgehead atoms. The lowest BCUT2D eigenvalue weighted by Gasteiger charge is -2.33. The van der Waals surface area contributed by atoms with E-state index in [1.807, 2.05) is 13.8 Å². The molecule has 0 radical (unpaired) electrons. The fourth-order valence-corrected chi connectivity index (χ4v) is 2.95. The van der Waals surface area contributed by atoms with Crippen molar-refractivity contribution in [2.45, 2.75) is 51.8 Å². The number of esters is 1. The lowest BCUT2D eigenvalue weighted by molar-refractivity contribution is -0.00684. The van der Waals surface area contributed by atoms with E-state index in [4.69, 9.17) is 9.15 Å². The van der Waals surface area contributed by atoms with E-state index in [1.54, 1.807) is 13.0 Å². The molecule has 1 N–H and O–H groups in total. The zero-order chi connectivity index (χ0) is 14.9. The number of furan rings is 1. The molecule has 5 heteroatoms. The second-order valence-electron chi connectivity index (χ2n) is 5.96. The highest BCUT2D eigenvalue weighted by atomic mass is 16.5. The largest absolute Gasteiger partial charge is 0.465 e. The Labute approximate surface area is 119 Å². The lowest BCUT2D eigenvalue weighted by atomic mass is 9.96. The summed E-state index contributed by atoms with van der Waals surface area (Å²) in [5.74, 6) is 0.933. The van der Waals surface area contributed by atoms with E-state index in [0.29, 0.717) is 17.9 Å². The van der Waals surface area contributed by atoms with Crippen LogP contribution in [0.1, 0.15) is 48.6 Å². The van der Waals surface area contributed by atoms with Gasteiger partial charge in [-0.15, -0.1) is 0 Å². The van der Waals surface area contributed by atoms with Crippen LogP contribution in [0.3, 0.4) is 0 Å². The predicted molar refractivity (Wildman–Crippen MR) is 74.5 cm³/mol. The molecule has 0 aromatic carbocycles. The van der Waals surface area contributed by atoms with E-state index in [1.165, 1.54) is 7.11 Å². The standard InChI is InChI=1S/C15H23NO4/c1-10-12(14(17)19-4)8-11(20-10)9-16-7-5-6-13(16)15(2,3)18/h8,13,18H,5-7,9H2,1-4H3. The molecular weight excluding hydrogens is 258 g/mol. The number of aliphatic hydroxyl groups is 1. The van der Waals surface area contributed by atoms with Crippen molar-refractivity contribution in [1.82, 2.24) is 4.90 Å². The normalized spacial score (nSPS) is 20.4. The zero-order valence-electron chi connectivity index (χ0n) is 12.6. The summed E-state index contributed by atoms with van der Waals surface area (Å²) >= 11 is 0. The topological polar surface area (TPSA) is 62.9 Å². The fourth-order valence-electron chi connectivity index (χ4n) is 2.95. The molecule has 1 unspecified atom stereocenters. The number of hydrogen-bond acceptors (Lipinski definition) is 5. The first kappa shape index (κ1) is 15.1. The van der Waals surface area contributed by atoms with Gasteiger partial charge in [0.2, 0.25) is 0 Å². The van der Waals surface area contributed by atoms with Gasteiger partial charge in [-0.25, -0.2) is 4.79 Å². The van der Waals surface area contributed by atoms with Crippen molar-refractivity contribution < 1.29 is 19.1 Å². The quantitative estimate of drug-likeness (QED) is 0.856. The average Bonchev–Trinajstić information content (AvgIpc) is 2.95. The van der Waals surface area contributed by atoms with Crippen LogP contribution in [0.5, 0.6) is 0 Å². The molecule has 0 amide bonds. The molecule has 112 valence electrons. The molecule has 1 aliphatic heterocycles. The van der Waals surface area contributed by atoms with Crippen molar-refractivity contribution in [3.05, 3.63) is 23.2 Å². The van der Waals surface area contributed by atoms with Crippen LogP contribution >= 0.6 is 0 Å². The minimum absolute atomic E-state index is 0.120. The van der Waals surface area contributed by atoms with E-state index in [2.05, 4.69) is 4.90 Å². The van der Waals surface area contributed by atoms with Gasteiger partial charge in [0.25, 0.3) is 0 Å². The molecule has 2 heterocycles. The third kappa shape index (κ3) is 3.04. The van der Waals surface area contributed by atoms with Gasteiger partial charge in [-0.2, -0.15) is 0 Å². The number of ether oxygens (including phenoxy) is 1. The van der Waals surface area contributed by atoms with Gasteiger partial charge in [0.1, 0.15) is 17.1 Å². The smallest absolute Gasteiger partial charge is 0.341 e. The molecular formula is C15H23NO4. The van der Waals surface area contributed by atoms with Crippen LogP contribution in [0, 0.1) is 6.92 Å². The molecule has 0 saturated carbocycles. The van der Waals surface area contributed by atoms with Crippen LogP contribution in [0.4, 0.5) is 0 Å². The highest BCUT2D eigenvalue weighted by Gasteiger charge is 2.36. The van der Waals surface area contributed by atoms with Crippen LogP contribution in [0.2, 0.25) is 0 Å². The fraction of sp³-hybridized carbons (Fsp3) is 0.667. The first-order valence-electron chi connectivity index (χ1n) is 6.97. The Balaban J connectivity index is 2.12. The Hall–Kier alpha value is -1.33. The molecule has 1 aromatic heterocycles. The first-order chi connectivity index (χ1) is 9.32. The molecule has 1 aromatic rings. The minimum atomic E-state index is -0.733. The van der Waals surface area contributed by atoms with Crippen molar-refractivity contribution in [3.8, 4) is 0 Å². The van der Waals surface area contributed by atoms with Gasteiger partial charge < -0.3 is 14.3 Å². The summed E-state index contributed by atoms with van der Waals surface area (Å²) in [5.41, 5.74) is -0.259. The molecule has 20 heavy (non-hydrogen) atoms. The Morgan fingerprint density at radius 1 is 1.60 bits per heavy atom. The Morgan fingerprint density at radius 2 is 2.30 bits per heavy atom. The second kappa shape index (κ2) is 5.58. The predicted octanol–water partition coefficient (Wildman–Crippen LogP) is 2.11. The molecule has 1 aliphatic rings. The Bertz CT molecular complexity index is 487. The number of methoxy groups -OCH3 is 1. The van der Waals surface area contributed by atoms with Gasteiger partial charge in [-0.1, -0.05) is 0 Å². The third-order valence-electron chi connectivity index (χ3n) is 3.91. The second-order valence-corrected chi connectivity index (χ2v) is 5.96. The molecule has 1 saturated heterocycles. The summed E-state index contributed by atoms with van der Waals surface area (Å²) in [4.78, 5) is 13.8. The van der Waals surface area contributed by atoms with Crippen molar-refractivity contribution >= 4 is 5.97 Å². The molecule has 1 fully saturated rings. The summed E-state index contributed by atoms with van der Waals surface area (Å²) in [6, 6.07) is 1.86. The lowest BCUT2D eigenvalue weighted by Crippen LogP contribution is -2.45. The van der Waals surface area contributed by atoms with E-state index < -0.39 is 5.60 Å². The summed E-state index contributed by atoms with van der Waals surface area (Å²) in [5, 5.41) is 10.2. The summed E-state index contributed by atoms with van der Waals surface area (Å²) in [7, 11) is 1.36. The van der Waals surface area contributed by atoms with Crippen LogP contribution in [0.15, 0.2) is 10.5 Å². The van der Waals surface area contributed by atoms with Crippen LogP contribution in [0.25, 0.3) is 0 Å². The Kier molecular flexibility index (Phi) is 4.20. The van der Waals surface area contributed by atoms with Gasteiger partial charge in [-0.05, 0) is 46.2 Å². The van der Waals surface area contributed by atoms with Gasteiger partial charge >= 0.3 is 5.97 Å². The van der Waals surface area contributed by atoms with Crippen molar-refractivity contribution in [3.63, 3.8) is 0 Å². The molecule has 0 aliphatic carbocycles. The van der Waals surface area contributed by atoms with E-state index in [9.17, 15) is 9.90 Å². The maximum atomic E-state index is 11.6. The monoisotopic (exact) mass is 281 g/mol. The van der Waals surface area contributed by atoms with Gasteiger partial charge in [-0.3, -0.25) is 4.90 Å². The number of hydrogen-bond donors (Lipinski definition) is 1. The molecule has 0 spiro atoms. The average molecular weight is 281 g/mol. The van der Waals surface area contributed by atoms with E-state index in [-0.39, 0.29) is 12.0 Å². The first-order valence-corrected chi connectivity index (χ1v) is 6.97. The number of rotatable bonds is 4. The van der Waals surface area contributed by atoms with E-state index >= 15 is 0 Å². The molecule has 2 rings (SSSR count). The molecule has 5 nitrogen and oxygen atoms in total. The Morgan fingerprint density at radius 3 is 2.90 bits per heavy atom. The van der Waals surface area contributed by atoms with Gasteiger partial charge in [0.05, 0.1) is 19.3 Å². The maximum absolute atomic E-state index is 11.6. The summed E-state index contributed by atoms with van der Waals surface area (Å²) in [6.07, 6.45) is 2.05. The summed E-state index contributed by atoms with van der Waals surface area (Å²) < 4.78 is 10.4. The number of aryl methyl sites for hydroxylation is 1.